The monoisotopic (exact) mass is 1110 g/mol. The lowest BCUT2D eigenvalue weighted by molar-refractivity contribution is -0.139. The van der Waals surface area contributed by atoms with E-state index in [1.807, 2.05) is 0 Å². The summed E-state index contributed by atoms with van der Waals surface area (Å²) in [5, 5.41) is 32.8. The molecule has 1 heterocycles. The van der Waals surface area contributed by atoms with Gasteiger partial charge in [0.1, 0.15) is 17.5 Å². The zero-order valence-electron chi connectivity index (χ0n) is 41.0. The van der Waals surface area contributed by atoms with Crippen molar-refractivity contribution in [1.29, 1.82) is 0 Å². The second-order valence-electron chi connectivity index (χ2n) is 16.5. The number of ether oxygens (including phenoxy) is 5. The normalized spacial score (nSPS) is 12.3. The van der Waals surface area contributed by atoms with Crippen LogP contribution < -0.4 is 31.3 Å². The van der Waals surface area contributed by atoms with Crippen molar-refractivity contribution < 1.29 is 72.3 Å². The van der Waals surface area contributed by atoms with Crippen LogP contribution in [-0.2, 0) is 55.9 Å². The van der Waals surface area contributed by atoms with Crippen molar-refractivity contribution >= 4 is 87.8 Å². The maximum absolute atomic E-state index is 13.2. The number of amides is 7. The number of phenols is 1. The number of carboxylic acid groups (broad SMARTS) is 1. The second kappa shape index (κ2) is 31.7. The van der Waals surface area contributed by atoms with Gasteiger partial charge in [-0.2, -0.15) is 0 Å². The number of phenolic OH excluding ortho intramolecular Hbond substituents is 1. The average Bonchev–Trinajstić information content (AvgIpc) is 3.71. The number of hydrogen-bond acceptors (Lipinski definition) is 14. The predicted molar refractivity (Wildman–Crippen MR) is 279 cm³/mol. The van der Waals surface area contributed by atoms with Gasteiger partial charge in [-0.1, -0.05) is 59.1 Å². The molecule has 4 aromatic rings. The molecule has 1 atom stereocenters. The van der Waals surface area contributed by atoms with E-state index in [1.165, 1.54) is 54.6 Å². The highest BCUT2D eigenvalue weighted by Gasteiger charge is 2.25. The standard InChI is InChI=1S/C52H57Cl3N6O15/c53-40-29-35(49(67)58-32-34-3-1-4-37(62)27-34)7-10-39(40)50(68)60-43(52(70)71)28-33-5-8-36(9-6-33)59-51(69)48-41(54)30-38(31-42(48)55)76-18-2-15-56-45(64)14-19-72-21-23-74-25-26-75-24-22-73-20-16-57-44(63)13-17-61-46(65)11-12-47(61)66/h1,3-12,27,29-31,43,62H,2,13-26,28,32H2,(H,56,64)(H,57,63)(H,58,67)(H,59,69)(H,60,68)(H,70,71)/t43-/m0/s1. The van der Waals surface area contributed by atoms with Gasteiger partial charge in [-0.3, -0.25) is 38.5 Å². The molecule has 7 N–H and O–H groups in total. The van der Waals surface area contributed by atoms with Gasteiger partial charge < -0.3 is 60.5 Å². The van der Waals surface area contributed by atoms with E-state index < -0.39 is 41.5 Å². The first kappa shape index (κ1) is 59.8. The molecule has 4 aromatic carbocycles. The van der Waals surface area contributed by atoms with Crippen molar-refractivity contribution in [2.75, 3.05) is 84.4 Å². The summed E-state index contributed by atoms with van der Waals surface area (Å²) in [6.45, 7) is 3.43. The van der Waals surface area contributed by atoms with Crippen LogP contribution in [0.5, 0.6) is 11.5 Å². The molecule has 0 saturated heterocycles. The Labute approximate surface area is 452 Å². The van der Waals surface area contributed by atoms with E-state index in [-0.39, 0.29) is 108 Å². The van der Waals surface area contributed by atoms with Crippen molar-refractivity contribution in [2.45, 2.75) is 38.3 Å². The quantitative estimate of drug-likeness (QED) is 0.0251. The molecule has 0 fully saturated rings. The zero-order valence-corrected chi connectivity index (χ0v) is 43.3. The van der Waals surface area contributed by atoms with E-state index in [9.17, 15) is 48.6 Å². The maximum atomic E-state index is 13.2. The number of nitrogens with zero attached hydrogens (tertiary/aromatic N) is 1. The Balaban J connectivity index is 0.887. The first-order valence-electron chi connectivity index (χ1n) is 23.9. The summed E-state index contributed by atoms with van der Waals surface area (Å²) in [7, 11) is 0. The first-order chi connectivity index (χ1) is 36.6. The summed E-state index contributed by atoms with van der Waals surface area (Å²) >= 11 is 19.2. The van der Waals surface area contributed by atoms with Crippen molar-refractivity contribution in [1.82, 2.24) is 26.2 Å². The lowest BCUT2D eigenvalue weighted by atomic mass is 10.0. The fraction of sp³-hybridized carbons (Fsp3) is 0.346. The highest BCUT2D eigenvalue weighted by atomic mass is 35.5. The van der Waals surface area contributed by atoms with E-state index in [2.05, 4.69) is 26.6 Å². The molecular weight excluding hydrogens is 1050 g/mol. The topological polar surface area (TPSA) is 287 Å². The predicted octanol–water partition coefficient (Wildman–Crippen LogP) is 4.73. The van der Waals surface area contributed by atoms with E-state index in [4.69, 9.17) is 58.5 Å². The lowest BCUT2D eigenvalue weighted by Gasteiger charge is -2.16. The molecule has 0 aliphatic carbocycles. The van der Waals surface area contributed by atoms with Gasteiger partial charge in [0.15, 0.2) is 0 Å². The number of benzene rings is 4. The van der Waals surface area contributed by atoms with Crippen LogP contribution in [0.4, 0.5) is 5.69 Å². The molecule has 0 radical (unpaired) electrons. The fourth-order valence-corrected chi connectivity index (χ4v) is 7.86. The van der Waals surface area contributed by atoms with Crippen LogP contribution in [0, 0.1) is 0 Å². The minimum Gasteiger partial charge on any atom is -0.508 e. The number of imide groups is 1. The third-order valence-electron chi connectivity index (χ3n) is 10.9. The van der Waals surface area contributed by atoms with Gasteiger partial charge >= 0.3 is 5.97 Å². The number of hydrogen-bond donors (Lipinski definition) is 7. The summed E-state index contributed by atoms with van der Waals surface area (Å²) in [5.74, 6) is -4.15. The summed E-state index contributed by atoms with van der Waals surface area (Å²) in [6.07, 6.45) is 2.85. The third-order valence-corrected chi connectivity index (χ3v) is 11.8. The van der Waals surface area contributed by atoms with E-state index >= 15 is 0 Å². The van der Waals surface area contributed by atoms with Crippen molar-refractivity contribution in [2.24, 2.45) is 0 Å². The Morgan fingerprint density at radius 2 is 1.22 bits per heavy atom. The fourth-order valence-electron chi connectivity index (χ4n) is 6.95. The summed E-state index contributed by atoms with van der Waals surface area (Å²) in [4.78, 5) is 99.3. The number of halogens is 3. The Morgan fingerprint density at radius 3 is 1.86 bits per heavy atom. The smallest absolute Gasteiger partial charge is 0.326 e. The van der Waals surface area contributed by atoms with Gasteiger partial charge in [-0.25, -0.2) is 4.79 Å². The van der Waals surface area contributed by atoms with Crippen molar-refractivity contribution in [3.8, 4) is 11.5 Å². The zero-order chi connectivity index (χ0) is 54.8. The summed E-state index contributed by atoms with van der Waals surface area (Å²) in [5.41, 5.74) is 1.65. The highest BCUT2D eigenvalue weighted by molar-refractivity contribution is 6.40. The highest BCUT2D eigenvalue weighted by Crippen LogP contribution is 2.31. The molecule has 5 rings (SSSR count). The van der Waals surface area contributed by atoms with Gasteiger partial charge in [0.05, 0.1) is 85.7 Å². The summed E-state index contributed by atoms with van der Waals surface area (Å²) in [6, 6.07) is 18.2. The van der Waals surface area contributed by atoms with E-state index in [0.29, 0.717) is 75.2 Å². The summed E-state index contributed by atoms with van der Waals surface area (Å²) < 4.78 is 27.5. The molecule has 0 aromatic heterocycles. The van der Waals surface area contributed by atoms with Gasteiger partial charge in [-0.15, -0.1) is 0 Å². The molecule has 0 bridgehead atoms. The molecule has 1 aliphatic heterocycles. The number of aliphatic carboxylic acids is 1. The third kappa shape index (κ3) is 20.5. The maximum Gasteiger partial charge on any atom is 0.326 e. The Hall–Kier alpha value is -7.11. The Bertz CT molecular complexity index is 2670. The number of carbonyl (C=O) groups is 8. The van der Waals surface area contributed by atoms with Crippen molar-refractivity contribution in [3.63, 3.8) is 0 Å². The van der Waals surface area contributed by atoms with Gasteiger partial charge in [0, 0.05) is 68.8 Å². The number of carboxylic acids is 1. The molecule has 0 saturated carbocycles. The molecular formula is C52H57Cl3N6O15. The molecule has 1 aliphatic rings. The lowest BCUT2D eigenvalue weighted by Crippen LogP contribution is -2.42. The molecule has 7 amide bonds. The number of anilines is 1. The molecule has 406 valence electrons. The van der Waals surface area contributed by atoms with Crippen LogP contribution in [0.3, 0.4) is 0 Å². The van der Waals surface area contributed by atoms with Gasteiger partial charge in [0.2, 0.25) is 11.8 Å². The van der Waals surface area contributed by atoms with E-state index in [0.717, 1.165) is 4.90 Å². The second-order valence-corrected chi connectivity index (χ2v) is 17.8. The largest absolute Gasteiger partial charge is 0.508 e. The molecule has 0 unspecified atom stereocenters. The van der Waals surface area contributed by atoms with Crippen LogP contribution in [0.25, 0.3) is 0 Å². The molecule has 21 nitrogen and oxygen atoms in total. The minimum absolute atomic E-state index is 0.00798. The molecule has 0 spiro atoms. The average molecular weight is 1110 g/mol. The van der Waals surface area contributed by atoms with Crippen LogP contribution in [0.1, 0.15) is 61.5 Å². The SMILES string of the molecule is O=C(CCOCCOCCOCCOCCNC(=O)CCN1C(=O)C=CC1=O)NCCCOc1cc(Cl)c(C(=O)Nc2ccc(C[C@H](NC(=O)c3ccc(C(=O)NCc4cccc(O)c4)cc3Cl)C(=O)O)cc2)c(Cl)c1. The number of carbonyl (C=O) groups excluding carboxylic acids is 7. The Kier molecular flexibility index (Phi) is 24.9. The van der Waals surface area contributed by atoms with E-state index in [1.54, 1.807) is 36.4 Å². The van der Waals surface area contributed by atoms with Gasteiger partial charge in [-0.05, 0) is 72.1 Å². The van der Waals surface area contributed by atoms with Crippen LogP contribution in [-0.4, -0.2) is 148 Å². The van der Waals surface area contributed by atoms with Crippen molar-refractivity contribution in [3.05, 3.63) is 134 Å². The molecule has 24 heteroatoms. The van der Waals surface area contributed by atoms with Crippen LogP contribution >= 0.6 is 34.8 Å². The molecule has 76 heavy (non-hydrogen) atoms. The minimum atomic E-state index is -1.36. The van der Waals surface area contributed by atoms with Crippen LogP contribution in [0.15, 0.2) is 91.0 Å². The van der Waals surface area contributed by atoms with Crippen LogP contribution in [0.2, 0.25) is 15.1 Å². The Morgan fingerprint density at radius 1 is 0.605 bits per heavy atom. The number of rotatable bonds is 33. The van der Waals surface area contributed by atoms with Gasteiger partial charge in [0.25, 0.3) is 29.5 Å². The number of aromatic hydroxyl groups is 1. The number of nitrogens with one attached hydrogen (secondary N) is 5. The first-order valence-corrected chi connectivity index (χ1v) is 25.0.